The van der Waals surface area contributed by atoms with Gasteiger partial charge >= 0.3 is 0 Å². The molecule has 18 heavy (non-hydrogen) atoms. The number of halogens is 1. The van der Waals surface area contributed by atoms with E-state index < -0.39 is 0 Å². The summed E-state index contributed by atoms with van der Waals surface area (Å²) in [6.45, 7) is 0.325. The van der Waals surface area contributed by atoms with Crippen LogP contribution < -0.4 is 4.74 Å². The van der Waals surface area contributed by atoms with Gasteiger partial charge in [0.2, 0.25) is 0 Å². The van der Waals surface area contributed by atoms with Gasteiger partial charge in [-0.2, -0.15) is 0 Å². The number of ether oxygens (including phenoxy) is 1. The van der Waals surface area contributed by atoms with Crippen molar-refractivity contribution < 1.29 is 9.53 Å². The van der Waals surface area contributed by atoms with Gasteiger partial charge in [-0.05, 0) is 18.2 Å². The maximum atomic E-state index is 11.7. The van der Waals surface area contributed by atoms with Crippen LogP contribution in [0.5, 0.6) is 5.75 Å². The molecule has 0 spiro atoms. The van der Waals surface area contributed by atoms with Gasteiger partial charge in [-0.25, -0.2) is 4.98 Å². The number of carbonyl (C=O) groups is 1. The first-order valence-corrected chi connectivity index (χ1v) is 6.22. The molecule has 1 heterocycles. The third kappa shape index (κ3) is 3.63. The molecule has 0 radical (unpaired) electrons. The molecule has 0 saturated heterocycles. The van der Waals surface area contributed by atoms with Gasteiger partial charge in [-0.3, -0.25) is 9.78 Å². The molecule has 0 bridgehead atoms. The number of hydrogen-bond acceptors (Lipinski definition) is 4. The molecule has 0 atom stereocenters. The van der Waals surface area contributed by atoms with Crippen molar-refractivity contribution >= 4 is 21.7 Å². The highest BCUT2D eigenvalue weighted by Gasteiger charge is 2.07. The van der Waals surface area contributed by atoms with E-state index in [1.165, 1.54) is 18.6 Å². The molecule has 5 heteroatoms. The number of aromatic nitrogens is 2. The Morgan fingerprint density at radius 3 is 2.94 bits per heavy atom. The minimum absolute atomic E-state index is 0.0712. The van der Waals surface area contributed by atoms with E-state index >= 15 is 0 Å². The van der Waals surface area contributed by atoms with Gasteiger partial charge in [-0.15, -0.1) is 0 Å². The smallest absolute Gasteiger partial charge is 0.186 e. The lowest BCUT2D eigenvalue weighted by Gasteiger charge is -2.05. The van der Waals surface area contributed by atoms with Gasteiger partial charge in [-0.1, -0.05) is 22.0 Å². The normalized spacial score (nSPS) is 10.1. The SMILES string of the molecule is O=C(CCOc1cccc(Br)c1)c1cnccn1. The third-order valence-electron chi connectivity index (χ3n) is 2.24. The van der Waals surface area contributed by atoms with Crippen LogP contribution >= 0.6 is 15.9 Å². The molecular weight excluding hydrogens is 296 g/mol. The van der Waals surface area contributed by atoms with Crippen LogP contribution in [0.3, 0.4) is 0 Å². The maximum Gasteiger partial charge on any atom is 0.186 e. The minimum atomic E-state index is -0.0712. The summed E-state index contributed by atoms with van der Waals surface area (Å²) < 4.78 is 6.42. The van der Waals surface area contributed by atoms with Gasteiger partial charge < -0.3 is 4.74 Å². The highest BCUT2D eigenvalue weighted by molar-refractivity contribution is 9.10. The van der Waals surface area contributed by atoms with Crippen molar-refractivity contribution in [3.8, 4) is 5.75 Å². The maximum absolute atomic E-state index is 11.7. The summed E-state index contributed by atoms with van der Waals surface area (Å²) >= 11 is 3.35. The van der Waals surface area contributed by atoms with Gasteiger partial charge in [0.05, 0.1) is 12.8 Å². The van der Waals surface area contributed by atoms with Crippen LogP contribution in [-0.4, -0.2) is 22.4 Å². The predicted octanol–water partition coefficient (Wildman–Crippen LogP) is 2.89. The molecule has 2 rings (SSSR count). The van der Waals surface area contributed by atoms with Gasteiger partial charge in [0.1, 0.15) is 11.4 Å². The quantitative estimate of drug-likeness (QED) is 0.797. The lowest BCUT2D eigenvalue weighted by molar-refractivity contribution is 0.0957. The first kappa shape index (κ1) is 12.7. The highest BCUT2D eigenvalue weighted by atomic mass is 79.9. The van der Waals surface area contributed by atoms with Crippen molar-refractivity contribution in [1.29, 1.82) is 0 Å². The van der Waals surface area contributed by atoms with Crippen molar-refractivity contribution in [2.45, 2.75) is 6.42 Å². The number of ketones is 1. The first-order valence-electron chi connectivity index (χ1n) is 5.43. The summed E-state index contributed by atoms with van der Waals surface area (Å²) in [4.78, 5) is 19.5. The second-order valence-electron chi connectivity index (χ2n) is 3.57. The molecule has 92 valence electrons. The molecule has 0 saturated carbocycles. The number of hydrogen-bond donors (Lipinski definition) is 0. The lowest BCUT2D eigenvalue weighted by Crippen LogP contribution is -2.08. The number of rotatable bonds is 5. The Labute approximate surface area is 113 Å². The zero-order valence-corrected chi connectivity index (χ0v) is 11.1. The van der Waals surface area contributed by atoms with E-state index in [0.29, 0.717) is 12.3 Å². The Hall–Kier alpha value is -1.75. The Morgan fingerprint density at radius 2 is 2.22 bits per heavy atom. The van der Waals surface area contributed by atoms with Crippen molar-refractivity contribution in [2.24, 2.45) is 0 Å². The fourth-order valence-corrected chi connectivity index (χ4v) is 1.77. The molecule has 0 unspecified atom stereocenters. The fraction of sp³-hybridized carbons (Fsp3) is 0.154. The number of benzene rings is 1. The zero-order valence-electron chi connectivity index (χ0n) is 9.54. The molecule has 4 nitrogen and oxygen atoms in total. The van der Waals surface area contributed by atoms with Crippen LogP contribution in [-0.2, 0) is 0 Å². The molecule has 0 aliphatic carbocycles. The van der Waals surface area contributed by atoms with Crippen LogP contribution in [0.25, 0.3) is 0 Å². The van der Waals surface area contributed by atoms with E-state index in [2.05, 4.69) is 25.9 Å². The van der Waals surface area contributed by atoms with Crippen LogP contribution in [0.15, 0.2) is 47.3 Å². The summed E-state index contributed by atoms with van der Waals surface area (Å²) in [6, 6.07) is 7.49. The predicted molar refractivity (Wildman–Crippen MR) is 70.6 cm³/mol. The molecule has 2 aromatic rings. The lowest BCUT2D eigenvalue weighted by atomic mass is 10.2. The van der Waals surface area contributed by atoms with E-state index in [9.17, 15) is 4.79 Å². The second kappa shape index (κ2) is 6.26. The Kier molecular flexibility index (Phi) is 4.41. The van der Waals surface area contributed by atoms with Crippen molar-refractivity contribution in [2.75, 3.05) is 6.61 Å². The Bertz CT molecular complexity index is 532. The van der Waals surface area contributed by atoms with Gasteiger partial charge in [0.25, 0.3) is 0 Å². The molecule has 0 fully saturated rings. The molecule has 0 amide bonds. The topological polar surface area (TPSA) is 52.1 Å². The van der Waals surface area contributed by atoms with E-state index in [1.54, 1.807) is 0 Å². The number of Topliss-reactive ketones (excluding diaryl/α,β-unsaturated/α-hetero) is 1. The van der Waals surface area contributed by atoms with Crippen LogP contribution in [0, 0.1) is 0 Å². The van der Waals surface area contributed by atoms with Crippen molar-refractivity contribution in [1.82, 2.24) is 9.97 Å². The van der Waals surface area contributed by atoms with E-state index in [4.69, 9.17) is 4.74 Å². The van der Waals surface area contributed by atoms with Crippen molar-refractivity contribution in [3.63, 3.8) is 0 Å². The summed E-state index contributed by atoms with van der Waals surface area (Å²) in [5, 5.41) is 0. The second-order valence-corrected chi connectivity index (χ2v) is 4.49. The average molecular weight is 307 g/mol. The van der Waals surface area contributed by atoms with E-state index in [0.717, 1.165) is 10.2 Å². The molecule has 1 aromatic heterocycles. The number of nitrogens with zero attached hydrogens (tertiary/aromatic N) is 2. The minimum Gasteiger partial charge on any atom is -0.493 e. The Morgan fingerprint density at radius 1 is 1.33 bits per heavy atom. The molecule has 0 aliphatic rings. The van der Waals surface area contributed by atoms with Gasteiger partial charge in [0, 0.05) is 23.3 Å². The fourth-order valence-electron chi connectivity index (χ4n) is 1.39. The first-order chi connectivity index (χ1) is 8.75. The molecule has 1 aromatic carbocycles. The standard InChI is InChI=1S/C13H11BrN2O2/c14-10-2-1-3-11(8-10)18-7-4-13(17)12-9-15-5-6-16-12/h1-3,5-6,8-9H,4,7H2. The summed E-state index contributed by atoms with van der Waals surface area (Å²) in [6.07, 6.45) is 4.78. The summed E-state index contributed by atoms with van der Waals surface area (Å²) in [7, 11) is 0. The van der Waals surface area contributed by atoms with E-state index in [1.807, 2.05) is 24.3 Å². The van der Waals surface area contributed by atoms with Crippen LogP contribution in [0.4, 0.5) is 0 Å². The van der Waals surface area contributed by atoms with Crippen LogP contribution in [0.2, 0.25) is 0 Å². The monoisotopic (exact) mass is 306 g/mol. The zero-order chi connectivity index (χ0) is 12.8. The van der Waals surface area contributed by atoms with Gasteiger partial charge in [0.15, 0.2) is 5.78 Å². The highest BCUT2D eigenvalue weighted by Crippen LogP contribution is 2.17. The third-order valence-corrected chi connectivity index (χ3v) is 2.74. The molecule has 0 aliphatic heterocycles. The molecular formula is C13H11BrN2O2. The Balaban J connectivity index is 1.84. The molecule has 0 N–H and O–H groups in total. The average Bonchev–Trinajstić information content (AvgIpc) is 2.40. The van der Waals surface area contributed by atoms with E-state index in [-0.39, 0.29) is 12.2 Å². The van der Waals surface area contributed by atoms with Crippen molar-refractivity contribution in [3.05, 3.63) is 53.0 Å². The summed E-state index contributed by atoms with van der Waals surface area (Å²) in [5.41, 5.74) is 0.371. The largest absolute Gasteiger partial charge is 0.493 e. The summed E-state index contributed by atoms with van der Waals surface area (Å²) in [5.74, 6) is 0.661. The van der Waals surface area contributed by atoms with Crippen LogP contribution in [0.1, 0.15) is 16.9 Å². The number of carbonyl (C=O) groups excluding carboxylic acids is 1.